The average Bonchev–Trinajstić information content (AvgIpc) is 3.92. The summed E-state index contributed by atoms with van der Waals surface area (Å²) in [6.07, 6.45) is 6.51. The van der Waals surface area contributed by atoms with Crippen LogP contribution in [0.25, 0.3) is 82.1 Å². The molecule has 0 radical (unpaired) electrons. The van der Waals surface area contributed by atoms with E-state index in [1.165, 1.54) is 95.0 Å². The smallest absolute Gasteiger partial charge is 0.0724 e. The Kier molecular flexibility index (Phi) is 5.50. The Morgan fingerprint density at radius 1 is 0.478 bits per heavy atom. The molecule has 0 N–H and O–H groups in total. The van der Waals surface area contributed by atoms with E-state index in [1.807, 2.05) is 12.4 Å². The first-order chi connectivity index (χ1) is 22.8. The predicted molar refractivity (Wildman–Crippen MR) is 194 cm³/mol. The van der Waals surface area contributed by atoms with Crippen LogP contribution in [-0.2, 0) is 0 Å². The van der Waals surface area contributed by atoms with E-state index < -0.39 is 0 Å². The third-order valence-electron chi connectivity index (χ3n) is 10.0. The van der Waals surface area contributed by atoms with Crippen molar-refractivity contribution in [3.63, 3.8) is 0 Å². The van der Waals surface area contributed by atoms with Gasteiger partial charge in [-0.1, -0.05) is 109 Å². The van der Waals surface area contributed by atoms with Crippen molar-refractivity contribution in [1.82, 2.24) is 9.55 Å². The van der Waals surface area contributed by atoms with Crippen LogP contribution < -0.4 is 0 Å². The molecule has 0 aliphatic heterocycles. The van der Waals surface area contributed by atoms with Gasteiger partial charge >= 0.3 is 0 Å². The molecule has 0 saturated heterocycles. The molecule has 1 aliphatic carbocycles. The highest BCUT2D eigenvalue weighted by atomic mass is 15.0. The average molecular weight is 587 g/mol. The Labute approximate surface area is 267 Å². The van der Waals surface area contributed by atoms with Gasteiger partial charge in [0.15, 0.2) is 0 Å². The molecule has 7 aromatic carbocycles. The Morgan fingerprint density at radius 3 is 1.83 bits per heavy atom. The number of fused-ring (bicyclic) bond motifs is 6. The molecule has 1 saturated carbocycles. The van der Waals surface area contributed by atoms with Gasteiger partial charge in [0.25, 0.3) is 0 Å². The normalized spacial score (nSPS) is 13.4. The van der Waals surface area contributed by atoms with E-state index >= 15 is 0 Å². The number of rotatable bonds is 4. The highest BCUT2D eigenvalue weighted by molar-refractivity contribution is 6.21. The molecule has 9 aromatic rings. The Balaban J connectivity index is 1.17. The summed E-state index contributed by atoms with van der Waals surface area (Å²) in [5.41, 5.74) is 10.1. The van der Waals surface area contributed by atoms with Crippen LogP contribution in [0.1, 0.15) is 24.3 Å². The summed E-state index contributed by atoms with van der Waals surface area (Å²) < 4.78 is 2.40. The standard InChI is InChI=1S/C44H30N2/c1-2-8-29(9-3-1)43-37-10-4-6-12-39(37)44(40-13-7-5-11-38(40)43)33-17-16-31-25-34(20-18-30(31)24-33)46-41-26-32(28-14-15-28)19-21-35(41)36-22-23-45-27-42(36)46/h1-13,16-28H,14-15H2. The quantitative estimate of drug-likeness (QED) is 0.188. The van der Waals surface area contributed by atoms with Gasteiger partial charge in [0.1, 0.15) is 0 Å². The molecule has 46 heavy (non-hydrogen) atoms. The first-order valence-corrected chi connectivity index (χ1v) is 16.2. The number of hydrogen-bond acceptors (Lipinski definition) is 1. The van der Waals surface area contributed by atoms with E-state index in [4.69, 9.17) is 0 Å². The van der Waals surface area contributed by atoms with Gasteiger partial charge in [-0.25, -0.2) is 0 Å². The van der Waals surface area contributed by atoms with Crippen LogP contribution in [0.2, 0.25) is 0 Å². The molecule has 2 heterocycles. The highest BCUT2D eigenvalue weighted by Crippen LogP contribution is 2.45. The second kappa shape index (κ2) is 9.89. The molecule has 0 unspecified atom stereocenters. The molecule has 0 spiro atoms. The van der Waals surface area contributed by atoms with Gasteiger partial charge in [0, 0.05) is 22.7 Å². The molecule has 0 amide bonds. The maximum Gasteiger partial charge on any atom is 0.0724 e. The lowest BCUT2D eigenvalue weighted by atomic mass is 9.85. The third-order valence-corrected chi connectivity index (χ3v) is 10.0. The van der Waals surface area contributed by atoms with Crippen LogP contribution in [0.4, 0.5) is 0 Å². The maximum absolute atomic E-state index is 4.53. The summed E-state index contributed by atoms with van der Waals surface area (Å²) in [6, 6.07) is 51.6. The van der Waals surface area contributed by atoms with Crippen molar-refractivity contribution in [3.05, 3.63) is 157 Å². The lowest BCUT2D eigenvalue weighted by Gasteiger charge is -2.18. The maximum atomic E-state index is 4.53. The van der Waals surface area contributed by atoms with Gasteiger partial charge < -0.3 is 4.57 Å². The van der Waals surface area contributed by atoms with E-state index in [-0.39, 0.29) is 0 Å². The molecule has 2 aromatic heterocycles. The van der Waals surface area contributed by atoms with Crippen LogP contribution >= 0.6 is 0 Å². The van der Waals surface area contributed by atoms with E-state index in [0.29, 0.717) is 5.92 Å². The van der Waals surface area contributed by atoms with Crippen LogP contribution in [0.5, 0.6) is 0 Å². The summed E-state index contributed by atoms with van der Waals surface area (Å²) in [5, 5.41) is 10.1. The minimum atomic E-state index is 0.706. The van der Waals surface area contributed by atoms with E-state index in [2.05, 4.69) is 149 Å². The molecule has 1 aliphatic rings. The third kappa shape index (κ3) is 3.87. The second-order valence-electron chi connectivity index (χ2n) is 12.7. The Hall–Kier alpha value is -5.73. The number of aromatic nitrogens is 2. The molecule has 0 atom stereocenters. The zero-order valence-corrected chi connectivity index (χ0v) is 25.3. The second-order valence-corrected chi connectivity index (χ2v) is 12.7. The fourth-order valence-corrected chi connectivity index (χ4v) is 7.72. The molecule has 10 rings (SSSR count). The lowest BCUT2D eigenvalue weighted by molar-refractivity contribution is 1.12. The van der Waals surface area contributed by atoms with Crippen molar-refractivity contribution in [2.75, 3.05) is 0 Å². The van der Waals surface area contributed by atoms with Crippen molar-refractivity contribution in [3.8, 4) is 27.9 Å². The predicted octanol–water partition coefficient (Wildman–Crippen LogP) is 11.8. The van der Waals surface area contributed by atoms with E-state index in [1.54, 1.807) is 0 Å². The van der Waals surface area contributed by atoms with Gasteiger partial charge in [0.05, 0.1) is 17.2 Å². The summed E-state index contributed by atoms with van der Waals surface area (Å²) in [4.78, 5) is 4.53. The first-order valence-electron chi connectivity index (χ1n) is 16.2. The van der Waals surface area contributed by atoms with Crippen molar-refractivity contribution >= 4 is 54.1 Å². The van der Waals surface area contributed by atoms with Crippen molar-refractivity contribution < 1.29 is 0 Å². The van der Waals surface area contributed by atoms with Crippen LogP contribution in [0.3, 0.4) is 0 Å². The fourth-order valence-electron chi connectivity index (χ4n) is 7.72. The fraction of sp³-hybridized carbons (Fsp3) is 0.0682. The van der Waals surface area contributed by atoms with Gasteiger partial charge in [-0.05, 0) is 109 Å². The number of benzene rings is 7. The minimum Gasteiger partial charge on any atom is -0.308 e. The molecule has 2 heteroatoms. The topological polar surface area (TPSA) is 17.8 Å². The van der Waals surface area contributed by atoms with Gasteiger partial charge in [-0.15, -0.1) is 0 Å². The highest BCUT2D eigenvalue weighted by Gasteiger charge is 2.25. The number of nitrogens with zero attached hydrogens (tertiary/aromatic N) is 2. The summed E-state index contributed by atoms with van der Waals surface area (Å²) in [6.45, 7) is 0. The molecule has 1 fully saturated rings. The van der Waals surface area contributed by atoms with Crippen LogP contribution in [-0.4, -0.2) is 9.55 Å². The SMILES string of the molecule is c1ccc(-c2c3ccccc3c(-c3ccc4cc(-n5c6cnccc6c6ccc(C7CC7)cc65)ccc4c3)c3ccccc23)cc1. The zero-order chi connectivity index (χ0) is 30.2. The zero-order valence-electron chi connectivity index (χ0n) is 25.3. The van der Waals surface area contributed by atoms with Crippen molar-refractivity contribution in [1.29, 1.82) is 0 Å². The summed E-state index contributed by atoms with van der Waals surface area (Å²) in [5.74, 6) is 0.706. The van der Waals surface area contributed by atoms with E-state index in [0.717, 1.165) is 5.52 Å². The Bertz CT molecular complexity index is 2580. The lowest BCUT2D eigenvalue weighted by Crippen LogP contribution is -1.95. The Morgan fingerprint density at radius 2 is 1.11 bits per heavy atom. The molecule has 0 bridgehead atoms. The number of pyridine rings is 1. The van der Waals surface area contributed by atoms with Gasteiger partial charge in [-0.2, -0.15) is 0 Å². The van der Waals surface area contributed by atoms with Crippen LogP contribution in [0, 0.1) is 0 Å². The van der Waals surface area contributed by atoms with Crippen LogP contribution in [0.15, 0.2) is 152 Å². The first kappa shape index (κ1) is 25.6. The van der Waals surface area contributed by atoms with E-state index in [9.17, 15) is 0 Å². The van der Waals surface area contributed by atoms with Gasteiger partial charge in [0.2, 0.25) is 0 Å². The van der Waals surface area contributed by atoms with Crippen molar-refractivity contribution in [2.24, 2.45) is 0 Å². The molecule has 216 valence electrons. The molecular weight excluding hydrogens is 556 g/mol. The van der Waals surface area contributed by atoms with Gasteiger partial charge in [-0.3, -0.25) is 4.98 Å². The monoisotopic (exact) mass is 586 g/mol. The van der Waals surface area contributed by atoms with Crippen molar-refractivity contribution in [2.45, 2.75) is 18.8 Å². The summed E-state index contributed by atoms with van der Waals surface area (Å²) in [7, 11) is 0. The minimum absolute atomic E-state index is 0.706. The number of hydrogen-bond donors (Lipinski definition) is 0. The molecule has 2 nitrogen and oxygen atoms in total. The largest absolute Gasteiger partial charge is 0.308 e. The summed E-state index contributed by atoms with van der Waals surface area (Å²) >= 11 is 0. The molecular formula is C44H30N2.